The number of alkyl halides is 1. The van der Waals surface area contributed by atoms with Crippen LogP contribution in [0.1, 0.15) is 10.7 Å². The van der Waals surface area contributed by atoms with E-state index in [2.05, 4.69) is 9.71 Å². The Balaban J connectivity index is 2.53. The molecule has 0 aliphatic carbocycles. The first kappa shape index (κ1) is 10.9. The molecule has 0 unspecified atom stereocenters. The van der Waals surface area contributed by atoms with Crippen LogP contribution in [-0.4, -0.2) is 18.6 Å². The molecule has 4 nitrogen and oxygen atoms in total. The summed E-state index contributed by atoms with van der Waals surface area (Å²) in [5.74, 6) is 0. The molecule has 7 heteroatoms. The molecule has 0 fully saturated rings. The van der Waals surface area contributed by atoms with Gasteiger partial charge in [-0.2, -0.15) is 0 Å². The number of hydrogen-bond donors (Lipinski definition) is 1. The van der Waals surface area contributed by atoms with E-state index >= 15 is 0 Å². The highest BCUT2D eigenvalue weighted by atomic mass is 35.5. The van der Waals surface area contributed by atoms with E-state index in [0.29, 0.717) is 0 Å². The van der Waals surface area contributed by atoms with E-state index in [1.54, 1.807) is 0 Å². The Kier molecular flexibility index (Phi) is 3.66. The topological polar surface area (TPSA) is 59.1 Å². The van der Waals surface area contributed by atoms with Crippen molar-refractivity contribution in [3.8, 4) is 0 Å². The normalized spacial score (nSPS) is 11.8. The third-order valence-corrected chi connectivity index (χ3v) is 3.95. The Morgan fingerprint density at radius 2 is 2.38 bits per heavy atom. The van der Waals surface area contributed by atoms with Crippen molar-refractivity contribution in [2.75, 3.05) is 5.21 Å². The van der Waals surface area contributed by atoms with Gasteiger partial charge >= 0.3 is 0 Å². The molecule has 13 heavy (non-hydrogen) atoms. The highest BCUT2D eigenvalue weighted by Crippen LogP contribution is 2.08. The summed E-state index contributed by atoms with van der Waals surface area (Å²) in [5, 5.41) is 2.19. The van der Waals surface area contributed by atoms with Gasteiger partial charge in [-0.15, -0.1) is 22.9 Å². The van der Waals surface area contributed by atoms with Crippen LogP contribution >= 0.6 is 22.9 Å². The lowest BCUT2D eigenvalue weighted by Crippen LogP contribution is -2.23. The zero-order valence-corrected chi connectivity index (χ0v) is 9.34. The van der Waals surface area contributed by atoms with Crippen molar-refractivity contribution in [3.63, 3.8) is 0 Å². The molecule has 1 aromatic rings. The van der Waals surface area contributed by atoms with Crippen LogP contribution in [0, 0.1) is 6.92 Å². The number of aryl methyl sites for hydroxylation is 1. The van der Waals surface area contributed by atoms with Crippen molar-refractivity contribution in [2.24, 2.45) is 0 Å². The van der Waals surface area contributed by atoms with E-state index in [9.17, 15) is 8.42 Å². The second kappa shape index (κ2) is 4.36. The fourth-order valence-corrected chi connectivity index (χ4v) is 2.16. The second-order valence-corrected chi connectivity index (χ2v) is 5.76. The molecular weight excluding hydrogens is 232 g/mol. The predicted octanol–water partition coefficient (Wildman–Crippen LogP) is 1.07. The summed E-state index contributed by atoms with van der Waals surface area (Å²) in [4.78, 5) is 4.10. The molecule has 1 aromatic heterocycles. The molecule has 0 aliphatic rings. The standard InChI is InChI=1S/C6H9ClN2O2S2/c1-5-3-12-6(9-5)2-8-13(10,11)4-7/h3,8H,2,4H2,1H3. The maximum atomic E-state index is 10.9. The summed E-state index contributed by atoms with van der Waals surface area (Å²) < 4.78 is 24.2. The zero-order valence-electron chi connectivity index (χ0n) is 6.95. The van der Waals surface area contributed by atoms with Gasteiger partial charge in [-0.1, -0.05) is 0 Å². The van der Waals surface area contributed by atoms with Crippen LogP contribution in [0.3, 0.4) is 0 Å². The summed E-state index contributed by atoms with van der Waals surface area (Å²) in [5.41, 5.74) is 0.894. The molecule has 74 valence electrons. The van der Waals surface area contributed by atoms with Gasteiger partial charge in [0.25, 0.3) is 0 Å². The van der Waals surface area contributed by atoms with Crippen molar-refractivity contribution >= 4 is 33.0 Å². The van der Waals surface area contributed by atoms with Crippen molar-refractivity contribution in [1.29, 1.82) is 0 Å². The van der Waals surface area contributed by atoms with Gasteiger partial charge in [0.1, 0.15) is 10.2 Å². The van der Waals surface area contributed by atoms with E-state index in [1.807, 2.05) is 12.3 Å². The number of halogens is 1. The lowest BCUT2D eigenvalue weighted by atomic mass is 10.6. The first-order valence-electron chi connectivity index (χ1n) is 3.48. The van der Waals surface area contributed by atoms with Crippen molar-refractivity contribution in [2.45, 2.75) is 13.5 Å². The van der Waals surface area contributed by atoms with Gasteiger partial charge in [-0.25, -0.2) is 18.1 Å². The van der Waals surface area contributed by atoms with Crippen molar-refractivity contribution < 1.29 is 8.42 Å². The molecular formula is C6H9ClN2O2S2. The highest BCUT2D eigenvalue weighted by molar-refractivity contribution is 7.90. The SMILES string of the molecule is Cc1csc(CNS(=O)(=O)CCl)n1. The lowest BCUT2D eigenvalue weighted by Gasteiger charge is -1.99. The molecule has 1 N–H and O–H groups in total. The average Bonchev–Trinajstić information content (AvgIpc) is 2.48. The van der Waals surface area contributed by atoms with Gasteiger partial charge in [0.05, 0.1) is 6.54 Å². The molecule has 0 aliphatic heterocycles. The first-order chi connectivity index (χ1) is 6.03. The number of rotatable bonds is 4. The number of thiazole rings is 1. The highest BCUT2D eigenvalue weighted by Gasteiger charge is 2.08. The van der Waals surface area contributed by atoms with Crippen LogP contribution in [0.15, 0.2) is 5.38 Å². The smallest absolute Gasteiger partial charge is 0.226 e. The first-order valence-corrected chi connectivity index (χ1v) is 6.54. The summed E-state index contributed by atoms with van der Waals surface area (Å²) in [7, 11) is -3.33. The Hall–Kier alpha value is -0.170. The molecule has 1 heterocycles. The Labute approximate surface area is 86.0 Å². The summed E-state index contributed by atoms with van der Waals surface area (Å²) >= 11 is 6.62. The van der Waals surface area contributed by atoms with Crippen LogP contribution in [0.25, 0.3) is 0 Å². The molecule has 0 bridgehead atoms. The predicted molar refractivity (Wildman–Crippen MR) is 53.3 cm³/mol. The van der Waals surface area contributed by atoms with E-state index in [4.69, 9.17) is 11.6 Å². The van der Waals surface area contributed by atoms with Gasteiger partial charge < -0.3 is 0 Å². The van der Waals surface area contributed by atoms with Crippen LogP contribution in [0.2, 0.25) is 0 Å². The van der Waals surface area contributed by atoms with Crippen LogP contribution in [-0.2, 0) is 16.6 Å². The minimum absolute atomic E-state index is 0.216. The Morgan fingerprint density at radius 1 is 1.69 bits per heavy atom. The van der Waals surface area contributed by atoms with Gasteiger partial charge in [-0.05, 0) is 6.92 Å². The Morgan fingerprint density at radius 3 is 2.85 bits per heavy atom. The van der Waals surface area contributed by atoms with E-state index in [-0.39, 0.29) is 6.54 Å². The van der Waals surface area contributed by atoms with Crippen molar-refractivity contribution in [1.82, 2.24) is 9.71 Å². The van der Waals surface area contributed by atoms with Crippen LogP contribution in [0.4, 0.5) is 0 Å². The molecule has 0 saturated carbocycles. The van der Waals surface area contributed by atoms with Crippen LogP contribution in [0.5, 0.6) is 0 Å². The van der Waals surface area contributed by atoms with E-state index in [0.717, 1.165) is 10.7 Å². The zero-order chi connectivity index (χ0) is 9.90. The molecule has 0 saturated heterocycles. The van der Waals surface area contributed by atoms with Crippen molar-refractivity contribution in [3.05, 3.63) is 16.1 Å². The maximum absolute atomic E-state index is 10.9. The number of aromatic nitrogens is 1. The lowest BCUT2D eigenvalue weighted by molar-refractivity contribution is 0.586. The number of sulfonamides is 1. The minimum Gasteiger partial charge on any atom is -0.245 e. The summed E-state index contributed by atoms with van der Waals surface area (Å²) in [6.07, 6.45) is 0. The number of hydrogen-bond acceptors (Lipinski definition) is 4. The van der Waals surface area contributed by atoms with Gasteiger partial charge in [0, 0.05) is 11.1 Å². The molecule has 0 spiro atoms. The van der Waals surface area contributed by atoms with E-state index in [1.165, 1.54) is 11.3 Å². The number of nitrogens with one attached hydrogen (secondary N) is 1. The maximum Gasteiger partial charge on any atom is 0.226 e. The fraction of sp³-hybridized carbons (Fsp3) is 0.500. The molecule has 0 radical (unpaired) electrons. The molecule has 1 rings (SSSR count). The third kappa shape index (κ3) is 3.60. The minimum atomic E-state index is -3.33. The molecule has 0 atom stereocenters. The van der Waals surface area contributed by atoms with Gasteiger partial charge in [0.2, 0.25) is 10.0 Å². The molecule has 0 amide bonds. The van der Waals surface area contributed by atoms with E-state index < -0.39 is 15.2 Å². The van der Waals surface area contributed by atoms with Gasteiger partial charge in [-0.3, -0.25) is 0 Å². The van der Waals surface area contributed by atoms with Crippen LogP contribution < -0.4 is 4.72 Å². The largest absolute Gasteiger partial charge is 0.245 e. The number of nitrogens with zero attached hydrogens (tertiary/aromatic N) is 1. The third-order valence-electron chi connectivity index (χ3n) is 1.25. The quantitative estimate of drug-likeness (QED) is 0.801. The summed E-state index contributed by atoms with van der Waals surface area (Å²) in [6.45, 7) is 2.07. The fourth-order valence-electron chi connectivity index (χ4n) is 0.694. The second-order valence-electron chi connectivity index (χ2n) is 2.43. The van der Waals surface area contributed by atoms with Gasteiger partial charge in [0.15, 0.2) is 0 Å². The Bertz CT molecular complexity index is 374. The molecule has 0 aromatic carbocycles. The average molecular weight is 241 g/mol. The monoisotopic (exact) mass is 240 g/mol. The summed E-state index contributed by atoms with van der Waals surface area (Å²) in [6, 6.07) is 0.